The number of halogens is 1. The van der Waals surface area contributed by atoms with E-state index in [9.17, 15) is 4.79 Å². The van der Waals surface area contributed by atoms with Crippen LogP contribution in [0.15, 0.2) is 83.7 Å². The number of amides is 1. The van der Waals surface area contributed by atoms with Crippen LogP contribution in [-0.4, -0.2) is 20.4 Å². The Morgan fingerprint density at radius 2 is 1.87 bits per heavy atom. The SMILES string of the molecule is Cc1nccn1-c1cc(CNC(=O)c2ccccc2OCc2ccccc2Br)ccn1. The summed E-state index contributed by atoms with van der Waals surface area (Å²) < 4.78 is 8.82. The molecule has 0 bridgehead atoms. The number of aryl methyl sites for hydroxylation is 1. The van der Waals surface area contributed by atoms with Gasteiger partial charge in [-0.1, -0.05) is 46.3 Å². The van der Waals surface area contributed by atoms with Crippen molar-refractivity contribution < 1.29 is 9.53 Å². The van der Waals surface area contributed by atoms with Crippen LogP contribution in [0.25, 0.3) is 5.82 Å². The molecule has 0 unspecified atom stereocenters. The van der Waals surface area contributed by atoms with Crippen LogP contribution in [0.4, 0.5) is 0 Å². The van der Waals surface area contributed by atoms with Crippen molar-refractivity contribution in [1.29, 1.82) is 0 Å². The lowest BCUT2D eigenvalue weighted by molar-refractivity contribution is 0.0946. The van der Waals surface area contributed by atoms with Gasteiger partial charge in [0.1, 0.15) is 24.0 Å². The van der Waals surface area contributed by atoms with Crippen LogP contribution < -0.4 is 10.1 Å². The number of carbonyl (C=O) groups is 1. The lowest BCUT2D eigenvalue weighted by Crippen LogP contribution is -2.23. The molecule has 1 amide bonds. The zero-order valence-electron chi connectivity index (χ0n) is 17.0. The van der Waals surface area contributed by atoms with Crippen LogP contribution in [0.3, 0.4) is 0 Å². The van der Waals surface area contributed by atoms with Gasteiger partial charge in [-0.2, -0.15) is 0 Å². The number of para-hydroxylation sites is 1. The third-order valence-corrected chi connectivity index (χ3v) is 5.58. The van der Waals surface area contributed by atoms with Crippen molar-refractivity contribution in [3.05, 3.63) is 106 Å². The zero-order valence-corrected chi connectivity index (χ0v) is 18.5. The maximum absolute atomic E-state index is 12.9. The third-order valence-electron chi connectivity index (χ3n) is 4.81. The number of hydrogen-bond acceptors (Lipinski definition) is 4. The molecule has 0 atom stereocenters. The van der Waals surface area contributed by atoms with Crippen molar-refractivity contribution >= 4 is 21.8 Å². The van der Waals surface area contributed by atoms with Gasteiger partial charge in [0.25, 0.3) is 5.91 Å². The van der Waals surface area contributed by atoms with E-state index in [1.54, 1.807) is 24.5 Å². The lowest BCUT2D eigenvalue weighted by atomic mass is 10.1. The number of imidazole rings is 1. The van der Waals surface area contributed by atoms with Crippen molar-refractivity contribution in [1.82, 2.24) is 19.9 Å². The summed E-state index contributed by atoms with van der Waals surface area (Å²) in [5, 5.41) is 2.97. The number of carbonyl (C=O) groups excluding carboxylic acids is 1. The largest absolute Gasteiger partial charge is 0.488 e. The zero-order chi connectivity index (χ0) is 21.6. The minimum atomic E-state index is -0.195. The highest BCUT2D eigenvalue weighted by Crippen LogP contribution is 2.22. The monoisotopic (exact) mass is 476 g/mol. The van der Waals surface area contributed by atoms with Gasteiger partial charge in [0, 0.05) is 35.2 Å². The summed E-state index contributed by atoms with van der Waals surface area (Å²) in [5.41, 5.74) is 2.45. The van der Waals surface area contributed by atoms with Gasteiger partial charge in [0.2, 0.25) is 0 Å². The first-order chi connectivity index (χ1) is 15.1. The quantitative estimate of drug-likeness (QED) is 0.414. The van der Waals surface area contributed by atoms with Gasteiger partial charge < -0.3 is 10.1 Å². The smallest absolute Gasteiger partial charge is 0.255 e. The maximum Gasteiger partial charge on any atom is 0.255 e. The van der Waals surface area contributed by atoms with Crippen LogP contribution in [-0.2, 0) is 13.2 Å². The Morgan fingerprint density at radius 1 is 1.06 bits per heavy atom. The molecule has 0 fully saturated rings. The molecular formula is C24H21BrN4O2. The van der Waals surface area contributed by atoms with Crippen LogP contribution in [0, 0.1) is 6.92 Å². The van der Waals surface area contributed by atoms with Crippen molar-refractivity contribution in [2.75, 3.05) is 0 Å². The number of hydrogen-bond donors (Lipinski definition) is 1. The number of rotatable bonds is 7. The first-order valence-corrected chi connectivity index (χ1v) is 10.6. The molecule has 4 rings (SSSR count). The first kappa shape index (κ1) is 20.8. The normalized spacial score (nSPS) is 10.6. The van der Waals surface area contributed by atoms with E-state index in [1.807, 2.05) is 66.2 Å². The average Bonchev–Trinajstić information content (AvgIpc) is 3.23. The highest BCUT2D eigenvalue weighted by Gasteiger charge is 2.13. The summed E-state index contributed by atoms with van der Waals surface area (Å²) in [6, 6.07) is 18.9. The van der Waals surface area contributed by atoms with E-state index in [2.05, 4.69) is 31.2 Å². The molecule has 31 heavy (non-hydrogen) atoms. The molecule has 0 spiro atoms. The van der Waals surface area contributed by atoms with Crippen LogP contribution in [0.5, 0.6) is 5.75 Å². The topological polar surface area (TPSA) is 69.0 Å². The van der Waals surface area contributed by atoms with Gasteiger partial charge in [0.15, 0.2) is 0 Å². The van der Waals surface area contributed by atoms with Crippen molar-refractivity contribution in [2.24, 2.45) is 0 Å². The highest BCUT2D eigenvalue weighted by atomic mass is 79.9. The second-order valence-corrected chi connectivity index (χ2v) is 7.78. The maximum atomic E-state index is 12.9. The molecule has 7 heteroatoms. The fraction of sp³-hybridized carbons (Fsp3) is 0.125. The Kier molecular flexibility index (Phi) is 6.43. The molecular weight excluding hydrogens is 456 g/mol. The number of pyridine rings is 1. The summed E-state index contributed by atoms with van der Waals surface area (Å²) >= 11 is 3.52. The Labute approximate surface area is 189 Å². The molecule has 0 aliphatic heterocycles. The van der Waals surface area contributed by atoms with E-state index < -0.39 is 0 Å². The van der Waals surface area contributed by atoms with Crippen molar-refractivity contribution in [2.45, 2.75) is 20.1 Å². The number of ether oxygens (including phenoxy) is 1. The fourth-order valence-corrected chi connectivity index (χ4v) is 3.55. The number of benzene rings is 2. The van der Waals surface area contributed by atoms with Gasteiger partial charge in [-0.15, -0.1) is 0 Å². The molecule has 0 aliphatic carbocycles. The average molecular weight is 477 g/mol. The van der Waals surface area contributed by atoms with Gasteiger partial charge in [0.05, 0.1) is 5.56 Å². The Bertz CT molecular complexity index is 1210. The number of nitrogens with zero attached hydrogens (tertiary/aromatic N) is 3. The second-order valence-electron chi connectivity index (χ2n) is 6.93. The molecule has 156 valence electrons. The van der Waals surface area contributed by atoms with Crippen LogP contribution >= 0.6 is 15.9 Å². The molecule has 2 aromatic heterocycles. The summed E-state index contributed by atoms with van der Waals surface area (Å²) in [6.45, 7) is 2.66. The summed E-state index contributed by atoms with van der Waals surface area (Å²) in [6.07, 6.45) is 5.32. The summed E-state index contributed by atoms with van der Waals surface area (Å²) in [5.74, 6) is 1.96. The molecule has 1 N–H and O–H groups in total. The van der Waals surface area contributed by atoms with Crippen molar-refractivity contribution in [3.8, 4) is 11.6 Å². The van der Waals surface area contributed by atoms with E-state index in [1.165, 1.54) is 0 Å². The number of aromatic nitrogens is 3. The Balaban J connectivity index is 1.44. The Morgan fingerprint density at radius 3 is 2.68 bits per heavy atom. The van der Waals surface area contributed by atoms with Gasteiger partial charge in [-0.3, -0.25) is 9.36 Å². The van der Waals surface area contributed by atoms with Gasteiger partial charge in [-0.25, -0.2) is 9.97 Å². The minimum Gasteiger partial charge on any atom is -0.488 e. The standard InChI is InChI=1S/C24H21BrN4O2/c1-17-26-12-13-29(17)23-14-18(10-11-27-23)15-28-24(30)20-7-3-5-9-22(20)31-16-19-6-2-4-8-21(19)25/h2-14H,15-16H2,1H3,(H,28,30). The van der Waals surface area contributed by atoms with E-state index in [0.29, 0.717) is 24.5 Å². The molecule has 0 saturated heterocycles. The van der Waals surface area contributed by atoms with Crippen LogP contribution in [0.1, 0.15) is 27.3 Å². The third kappa shape index (κ3) is 5.00. The molecule has 0 aliphatic rings. The van der Waals surface area contributed by atoms with E-state index in [4.69, 9.17) is 4.74 Å². The highest BCUT2D eigenvalue weighted by molar-refractivity contribution is 9.10. The molecule has 0 radical (unpaired) electrons. The molecule has 4 aromatic rings. The van der Waals surface area contributed by atoms with E-state index in [-0.39, 0.29) is 5.91 Å². The van der Waals surface area contributed by atoms with Crippen molar-refractivity contribution in [3.63, 3.8) is 0 Å². The predicted octanol–water partition coefficient (Wildman–Crippen LogP) is 4.85. The van der Waals surface area contributed by atoms with E-state index >= 15 is 0 Å². The van der Waals surface area contributed by atoms with Gasteiger partial charge >= 0.3 is 0 Å². The van der Waals surface area contributed by atoms with Gasteiger partial charge in [-0.05, 0) is 42.8 Å². The fourth-order valence-electron chi connectivity index (χ4n) is 3.15. The van der Waals surface area contributed by atoms with Crippen LogP contribution in [0.2, 0.25) is 0 Å². The summed E-state index contributed by atoms with van der Waals surface area (Å²) in [7, 11) is 0. The summed E-state index contributed by atoms with van der Waals surface area (Å²) in [4.78, 5) is 21.5. The molecule has 2 aromatic carbocycles. The minimum absolute atomic E-state index is 0.195. The first-order valence-electron chi connectivity index (χ1n) is 9.80. The predicted molar refractivity (Wildman–Crippen MR) is 122 cm³/mol. The second kappa shape index (κ2) is 9.57. The number of nitrogens with one attached hydrogen (secondary N) is 1. The molecule has 0 saturated carbocycles. The molecule has 6 nitrogen and oxygen atoms in total. The molecule has 2 heterocycles. The lowest BCUT2D eigenvalue weighted by Gasteiger charge is -2.13. The Hall–Kier alpha value is -3.45. The van der Waals surface area contributed by atoms with E-state index in [0.717, 1.165) is 27.2 Å².